The molecule has 3 unspecified atom stereocenters. The molecule has 1 aliphatic rings. The van der Waals surface area contributed by atoms with E-state index >= 15 is 0 Å². The summed E-state index contributed by atoms with van der Waals surface area (Å²) in [4.78, 5) is 27.0. The van der Waals surface area contributed by atoms with Gasteiger partial charge >= 0.3 is 0 Å². The quantitative estimate of drug-likeness (QED) is 0.694. The maximum absolute atomic E-state index is 12.7. The van der Waals surface area contributed by atoms with Gasteiger partial charge in [-0.15, -0.1) is 0 Å². The number of nitrogens with one attached hydrogen (secondary N) is 2. The number of para-hydroxylation sites is 1. The zero-order chi connectivity index (χ0) is 20.7. The van der Waals surface area contributed by atoms with Crippen molar-refractivity contribution in [3.63, 3.8) is 0 Å². The van der Waals surface area contributed by atoms with E-state index in [0.717, 1.165) is 12.0 Å². The number of aryl methyl sites for hydroxylation is 1. The smallest absolute Gasteiger partial charge is 0.276 e. The van der Waals surface area contributed by atoms with Crippen molar-refractivity contribution in [2.45, 2.75) is 59.3 Å². The summed E-state index contributed by atoms with van der Waals surface area (Å²) < 4.78 is 11.3. The maximum atomic E-state index is 12.7. The molecule has 0 aromatic heterocycles. The summed E-state index contributed by atoms with van der Waals surface area (Å²) in [6.45, 7) is 11.3. The van der Waals surface area contributed by atoms with E-state index < -0.39 is 5.91 Å². The van der Waals surface area contributed by atoms with Crippen LogP contribution in [0, 0.1) is 5.92 Å². The fourth-order valence-corrected chi connectivity index (χ4v) is 3.66. The molecule has 7 heteroatoms. The van der Waals surface area contributed by atoms with Gasteiger partial charge in [-0.1, -0.05) is 39.0 Å². The highest BCUT2D eigenvalue weighted by atomic mass is 16.5. The van der Waals surface area contributed by atoms with Gasteiger partial charge in [-0.2, -0.15) is 0 Å². The highest BCUT2D eigenvalue weighted by Crippen LogP contribution is 2.19. The van der Waals surface area contributed by atoms with E-state index in [1.54, 1.807) is 0 Å². The molecule has 0 saturated carbocycles. The van der Waals surface area contributed by atoms with Crippen LogP contribution in [-0.2, 0) is 20.7 Å². The largest absolute Gasteiger partial charge is 0.483 e. The minimum Gasteiger partial charge on any atom is -0.483 e. The molecule has 7 nitrogen and oxygen atoms in total. The van der Waals surface area contributed by atoms with E-state index in [0.29, 0.717) is 18.8 Å². The Balaban J connectivity index is 1.87. The van der Waals surface area contributed by atoms with Crippen LogP contribution in [0.3, 0.4) is 0 Å². The predicted octanol–water partition coefficient (Wildman–Crippen LogP) is 1.91. The molecule has 1 aromatic rings. The van der Waals surface area contributed by atoms with Crippen molar-refractivity contribution >= 4 is 11.8 Å². The summed E-state index contributed by atoms with van der Waals surface area (Å²) >= 11 is 0. The van der Waals surface area contributed by atoms with Crippen LogP contribution in [-0.4, -0.2) is 54.7 Å². The van der Waals surface area contributed by atoms with Crippen molar-refractivity contribution in [3.05, 3.63) is 29.8 Å². The average molecular weight is 392 g/mol. The monoisotopic (exact) mass is 391 g/mol. The number of hydrazine groups is 1. The van der Waals surface area contributed by atoms with Gasteiger partial charge in [0, 0.05) is 13.1 Å². The molecule has 2 amide bonds. The number of morpholine rings is 1. The van der Waals surface area contributed by atoms with Crippen molar-refractivity contribution in [2.24, 2.45) is 5.92 Å². The van der Waals surface area contributed by atoms with Gasteiger partial charge in [-0.3, -0.25) is 25.3 Å². The van der Waals surface area contributed by atoms with Gasteiger partial charge in [0.05, 0.1) is 18.2 Å². The topological polar surface area (TPSA) is 79.9 Å². The highest BCUT2D eigenvalue weighted by molar-refractivity contribution is 5.86. The lowest BCUT2D eigenvalue weighted by Crippen LogP contribution is -2.59. The third-order valence-electron chi connectivity index (χ3n) is 4.78. The Kier molecular flexibility index (Phi) is 8.26. The first-order chi connectivity index (χ1) is 13.3. The van der Waals surface area contributed by atoms with Crippen LogP contribution in [0.1, 0.15) is 40.2 Å². The number of ether oxygens (including phenoxy) is 2. The summed E-state index contributed by atoms with van der Waals surface area (Å²) in [5, 5.41) is 0. The summed E-state index contributed by atoms with van der Waals surface area (Å²) in [7, 11) is 0. The van der Waals surface area contributed by atoms with E-state index in [9.17, 15) is 9.59 Å². The number of carbonyl (C=O) groups is 2. The third kappa shape index (κ3) is 6.21. The molecule has 0 spiro atoms. The van der Waals surface area contributed by atoms with Crippen LogP contribution in [0.15, 0.2) is 24.3 Å². The second-order valence-corrected chi connectivity index (χ2v) is 7.69. The summed E-state index contributed by atoms with van der Waals surface area (Å²) in [5.41, 5.74) is 6.06. The number of amides is 2. The van der Waals surface area contributed by atoms with Crippen molar-refractivity contribution in [2.75, 3.05) is 19.7 Å². The van der Waals surface area contributed by atoms with Crippen LogP contribution in [0.4, 0.5) is 0 Å². The first-order valence-electron chi connectivity index (χ1n) is 10.0. The normalized spacial score (nSPS) is 21.2. The van der Waals surface area contributed by atoms with Gasteiger partial charge in [0.15, 0.2) is 6.61 Å². The number of nitrogens with zero attached hydrogens (tertiary/aromatic N) is 1. The van der Waals surface area contributed by atoms with E-state index in [4.69, 9.17) is 9.47 Å². The molecule has 0 bridgehead atoms. The summed E-state index contributed by atoms with van der Waals surface area (Å²) in [5.74, 6) is 0.161. The molecule has 1 heterocycles. The van der Waals surface area contributed by atoms with Crippen molar-refractivity contribution in [1.29, 1.82) is 0 Å². The van der Waals surface area contributed by atoms with Gasteiger partial charge in [-0.25, -0.2) is 0 Å². The number of benzene rings is 1. The predicted molar refractivity (Wildman–Crippen MR) is 108 cm³/mol. The summed E-state index contributed by atoms with van der Waals surface area (Å²) in [6, 6.07) is 7.26. The van der Waals surface area contributed by atoms with Crippen molar-refractivity contribution < 1.29 is 19.1 Å². The molecule has 0 aliphatic carbocycles. The van der Waals surface area contributed by atoms with Gasteiger partial charge in [0.1, 0.15) is 5.75 Å². The molecule has 1 fully saturated rings. The lowest BCUT2D eigenvalue weighted by atomic mass is 10.00. The van der Waals surface area contributed by atoms with Crippen molar-refractivity contribution in [1.82, 2.24) is 15.8 Å². The minimum absolute atomic E-state index is 0.0689. The zero-order valence-electron chi connectivity index (χ0n) is 17.5. The number of hydrogen-bond donors (Lipinski definition) is 2. The minimum atomic E-state index is -0.398. The Morgan fingerprint density at radius 3 is 2.43 bits per heavy atom. The Bertz CT molecular complexity index is 655. The van der Waals surface area contributed by atoms with Crippen LogP contribution in [0.2, 0.25) is 0 Å². The molecule has 1 aromatic carbocycles. The molecule has 1 aliphatic heterocycles. The zero-order valence-corrected chi connectivity index (χ0v) is 17.5. The maximum Gasteiger partial charge on any atom is 0.276 e. The SMILES string of the molecule is CCc1ccccc1OCC(=O)NNC(=O)C(C(C)C)N1CC(C)OC(C)C1. The molecular formula is C21H33N3O4. The number of hydrogen-bond acceptors (Lipinski definition) is 5. The second-order valence-electron chi connectivity index (χ2n) is 7.69. The van der Waals surface area contributed by atoms with Crippen molar-refractivity contribution in [3.8, 4) is 5.75 Å². The van der Waals surface area contributed by atoms with E-state index in [2.05, 4.69) is 15.8 Å². The van der Waals surface area contributed by atoms with E-state index in [1.165, 1.54) is 0 Å². The Morgan fingerprint density at radius 1 is 1.18 bits per heavy atom. The number of carbonyl (C=O) groups excluding carboxylic acids is 2. The molecule has 2 N–H and O–H groups in total. The van der Waals surface area contributed by atoms with Gasteiger partial charge in [0.2, 0.25) is 0 Å². The molecule has 1 saturated heterocycles. The second kappa shape index (κ2) is 10.4. The lowest BCUT2D eigenvalue weighted by Gasteiger charge is -2.40. The number of rotatable bonds is 7. The van der Waals surface area contributed by atoms with Crippen LogP contribution in [0.25, 0.3) is 0 Å². The lowest BCUT2D eigenvalue weighted by molar-refractivity contribution is -0.139. The summed E-state index contributed by atoms with van der Waals surface area (Å²) in [6.07, 6.45) is 0.958. The third-order valence-corrected chi connectivity index (χ3v) is 4.78. The molecule has 156 valence electrons. The Labute approximate surface area is 167 Å². The van der Waals surface area contributed by atoms with Crippen LogP contribution in [0.5, 0.6) is 5.75 Å². The Morgan fingerprint density at radius 2 is 1.82 bits per heavy atom. The van der Waals surface area contributed by atoms with Crippen LogP contribution < -0.4 is 15.6 Å². The first-order valence-corrected chi connectivity index (χ1v) is 10.0. The standard InChI is InChI=1S/C21H33N3O4/c1-6-17-9-7-8-10-18(17)27-13-19(25)22-23-21(26)20(14(2)3)24-11-15(4)28-16(5)12-24/h7-10,14-16,20H,6,11-13H2,1-5H3,(H,22,25)(H,23,26). The van der Waals surface area contributed by atoms with Gasteiger partial charge < -0.3 is 9.47 Å². The van der Waals surface area contributed by atoms with Crippen LogP contribution >= 0.6 is 0 Å². The fraction of sp³-hybridized carbons (Fsp3) is 0.619. The average Bonchev–Trinajstić information content (AvgIpc) is 2.64. The molecule has 3 atom stereocenters. The molecule has 28 heavy (non-hydrogen) atoms. The molecular weight excluding hydrogens is 358 g/mol. The van der Waals surface area contributed by atoms with E-state index in [-0.39, 0.29) is 36.7 Å². The Hall–Kier alpha value is -2.12. The first kappa shape index (κ1) is 22.2. The van der Waals surface area contributed by atoms with Gasteiger partial charge in [-0.05, 0) is 37.8 Å². The molecule has 2 rings (SSSR count). The highest BCUT2D eigenvalue weighted by Gasteiger charge is 2.34. The van der Waals surface area contributed by atoms with Gasteiger partial charge in [0.25, 0.3) is 11.8 Å². The fourth-order valence-electron chi connectivity index (χ4n) is 3.66. The van der Waals surface area contributed by atoms with E-state index in [1.807, 2.05) is 58.9 Å². The molecule has 0 radical (unpaired) electrons.